The van der Waals surface area contributed by atoms with E-state index in [1.807, 2.05) is 0 Å². The molecule has 1 saturated carbocycles. The molecule has 6 nitrogen and oxygen atoms in total. The molecule has 0 unspecified atom stereocenters. The molecule has 1 atom stereocenters. The standard InChI is InChI=1S/C15H28N2O4S/c1-16(10-11-21-2)22(19,20)14-8-5-9-17(12-14)15(18)13-6-3-4-7-13/h13-14H,3-12H2,1-2H3/t14-/m0/s1. The number of rotatable bonds is 6. The highest BCUT2D eigenvalue weighted by Gasteiger charge is 2.37. The molecule has 0 aromatic carbocycles. The molecule has 7 heteroatoms. The van der Waals surface area contributed by atoms with E-state index in [0.29, 0.717) is 32.7 Å². The van der Waals surface area contributed by atoms with Gasteiger partial charge in [0.2, 0.25) is 15.9 Å². The second-order valence-corrected chi connectivity index (χ2v) is 8.71. The van der Waals surface area contributed by atoms with Crippen molar-refractivity contribution in [2.45, 2.75) is 43.8 Å². The SMILES string of the molecule is COCCN(C)S(=O)(=O)[C@H]1CCCN(C(=O)C2CCCC2)C1. The average Bonchev–Trinajstić information content (AvgIpc) is 3.06. The number of hydrogen-bond donors (Lipinski definition) is 0. The molecule has 0 N–H and O–H groups in total. The zero-order valence-electron chi connectivity index (χ0n) is 13.7. The summed E-state index contributed by atoms with van der Waals surface area (Å²) in [4.78, 5) is 14.3. The van der Waals surface area contributed by atoms with Crippen LogP contribution in [0.2, 0.25) is 0 Å². The van der Waals surface area contributed by atoms with Crippen LogP contribution in [0.15, 0.2) is 0 Å². The van der Waals surface area contributed by atoms with Gasteiger partial charge in [0.15, 0.2) is 0 Å². The summed E-state index contributed by atoms with van der Waals surface area (Å²) in [7, 11) is -0.217. The van der Waals surface area contributed by atoms with E-state index in [0.717, 1.165) is 32.1 Å². The van der Waals surface area contributed by atoms with Crippen molar-refractivity contribution in [2.75, 3.05) is 40.4 Å². The molecule has 0 spiro atoms. The summed E-state index contributed by atoms with van der Waals surface area (Å²) in [6, 6.07) is 0. The third-order valence-corrected chi connectivity index (χ3v) is 7.14. The number of methoxy groups -OCH3 is 1. The van der Waals surface area contributed by atoms with Gasteiger partial charge in [-0.3, -0.25) is 4.79 Å². The highest BCUT2D eigenvalue weighted by atomic mass is 32.2. The molecule has 0 bridgehead atoms. The third-order valence-electron chi connectivity index (χ3n) is 4.86. The molecule has 0 aromatic rings. The summed E-state index contributed by atoms with van der Waals surface area (Å²) in [5.41, 5.74) is 0. The van der Waals surface area contributed by atoms with Crippen molar-refractivity contribution in [1.29, 1.82) is 0 Å². The second kappa shape index (κ2) is 7.75. The molecule has 1 amide bonds. The number of carbonyl (C=O) groups excluding carboxylic acids is 1. The maximum Gasteiger partial charge on any atom is 0.225 e. The van der Waals surface area contributed by atoms with Crippen LogP contribution in [0, 0.1) is 5.92 Å². The first-order valence-corrected chi connectivity index (χ1v) is 9.70. The van der Waals surface area contributed by atoms with Crippen molar-refractivity contribution in [3.05, 3.63) is 0 Å². The largest absolute Gasteiger partial charge is 0.383 e. The Hall–Kier alpha value is -0.660. The monoisotopic (exact) mass is 332 g/mol. The summed E-state index contributed by atoms with van der Waals surface area (Å²) in [6.45, 7) is 1.78. The molecule has 2 aliphatic rings. The Kier molecular flexibility index (Phi) is 6.23. The molecular weight excluding hydrogens is 304 g/mol. The van der Waals surface area contributed by atoms with E-state index in [9.17, 15) is 13.2 Å². The number of amides is 1. The van der Waals surface area contributed by atoms with E-state index in [4.69, 9.17) is 4.74 Å². The molecule has 128 valence electrons. The number of hydrogen-bond acceptors (Lipinski definition) is 4. The van der Waals surface area contributed by atoms with E-state index >= 15 is 0 Å². The fourth-order valence-electron chi connectivity index (χ4n) is 3.41. The molecule has 1 aliphatic carbocycles. The number of ether oxygens (including phenoxy) is 1. The van der Waals surface area contributed by atoms with Gasteiger partial charge >= 0.3 is 0 Å². The first-order valence-electron chi connectivity index (χ1n) is 8.19. The van der Waals surface area contributed by atoms with Gasteiger partial charge in [0.25, 0.3) is 0 Å². The highest BCUT2D eigenvalue weighted by Crippen LogP contribution is 2.28. The molecule has 2 fully saturated rings. The van der Waals surface area contributed by atoms with E-state index in [1.54, 1.807) is 19.1 Å². The molecule has 2 rings (SSSR count). The topological polar surface area (TPSA) is 66.9 Å². The number of nitrogens with zero attached hydrogens (tertiary/aromatic N) is 2. The summed E-state index contributed by atoms with van der Waals surface area (Å²) >= 11 is 0. The van der Waals surface area contributed by atoms with Crippen LogP contribution in [0.3, 0.4) is 0 Å². The van der Waals surface area contributed by atoms with Gasteiger partial charge < -0.3 is 9.64 Å². The van der Waals surface area contributed by atoms with Gasteiger partial charge in [-0.1, -0.05) is 12.8 Å². The number of carbonyl (C=O) groups is 1. The highest BCUT2D eigenvalue weighted by molar-refractivity contribution is 7.89. The lowest BCUT2D eigenvalue weighted by molar-refractivity contribution is -0.136. The van der Waals surface area contributed by atoms with Crippen LogP contribution in [0.1, 0.15) is 38.5 Å². The summed E-state index contributed by atoms with van der Waals surface area (Å²) in [5.74, 6) is 0.282. The zero-order valence-corrected chi connectivity index (χ0v) is 14.5. The molecule has 1 heterocycles. The van der Waals surface area contributed by atoms with Crippen molar-refractivity contribution >= 4 is 15.9 Å². The lowest BCUT2D eigenvalue weighted by Gasteiger charge is -2.35. The number of likely N-dealkylation sites (N-methyl/N-ethyl adjacent to an activating group) is 1. The van der Waals surface area contributed by atoms with Gasteiger partial charge in [-0.25, -0.2) is 12.7 Å². The van der Waals surface area contributed by atoms with Gasteiger partial charge in [-0.05, 0) is 25.7 Å². The van der Waals surface area contributed by atoms with Crippen LogP contribution in [0.4, 0.5) is 0 Å². The predicted molar refractivity (Wildman–Crippen MR) is 85.0 cm³/mol. The Balaban J connectivity index is 1.98. The second-order valence-electron chi connectivity index (χ2n) is 6.39. The fraction of sp³-hybridized carbons (Fsp3) is 0.933. The van der Waals surface area contributed by atoms with Crippen molar-refractivity contribution in [3.63, 3.8) is 0 Å². The Bertz CT molecular complexity index is 474. The smallest absolute Gasteiger partial charge is 0.225 e. The van der Waals surface area contributed by atoms with Gasteiger partial charge in [0, 0.05) is 39.7 Å². The lowest BCUT2D eigenvalue weighted by Crippen LogP contribution is -2.50. The van der Waals surface area contributed by atoms with E-state index in [2.05, 4.69) is 0 Å². The van der Waals surface area contributed by atoms with Crippen molar-refractivity contribution < 1.29 is 17.9 Å². The molecular formula is C15H28N2O4S. The van der Waals surface area contributed by atoms with Crippen molar-refractivity contribution in [3.8, 4) is 0 Å². The van der Waals surface area contributed by atoms with Crippen molar-refractivity contribution in [1.82, 2.24) is 9.21 Å². The van der Waals surface area contributed by atoms with Gasteiger partial charge in [0.05, 0.1) is 11.9 Å². The van der Waals surface area contributed by atoms with Gasteiger partial charge in [0.1, 0.15) is 0 Å². The minimum atomic E-state index is -3.36. The van der Waals surface area contributed by atoms with Crippen molar-refractivity contribution in [2.24, 2.45) is 5.92 Å². The maximum atomic E-state index is 12.6. The van der Waals surface area contributed by atoms with E-state index in [1.165, 1.54) is 4.31 Å². The fourth-order valence-corrected chi connectivity index (χ4v) is 5.08. The first kappa shape index (κ1) is 17.7. The molecule has 22 heavy (non-hydrogen) atoms. The Morgan fingerprint density at radius 3 is 2.55 bits per heavy atom. The molecule has 0 aromatic heterocycles. The quantitative estimate of drug-likeness (QED) is 0.730. The first-order chi connectivity index (χ1) is 10.5. The minimum Gasteiger partial charge on any atom is -0.383 e. The molecule has 1 saturated heterocycles. The number of piperidine rings is 1. The zero-order chi connectivity index (χ0) is 16.2. The Morgan fingerprint density at radius 2 is 1.91 bits per heavy atom. The maximum absolute atomic E-state index is 12.6. The van der Waals surface area contributed by atoms with Crippen LogP contribution >= 0.6 is 0 Å². The third kappa shape index (κ3) is 4.00. The number of likely N-dealkylation sites (tertiary alicyclic amines) is 1. The summed E-state index contributed by atoms with van der Waals surface area (Å²) in [5, 5.41) is -0.478. The lowest BCUT2D eigenvalue weighted by atomic mass is 10.0. The van der Waals surface area contributed by atoms with Crippen LogP contribution in [0.5, 0.6) is 0 Å². The van der Waals surface area contributed by atoms with E-state index in [-0.39, 0.29) is 11.8 Å². The molecule has 1 aliphatic heterocycles. The van der Waals surface area contributed by atoms with Crippen LogP contribution in [0.25, 0.3) is 0 Å². The Labute approximate surface area is 133 Å². The molecule has 0 radical (unpaired) electrons. The minimum absolute atomic E-state index is 0.118. The van der Waals surface area contributed by atoms with Crippen LogP contribution in [-0.2, 0) is 19.6 Å². The van der Waals surface area contributed by atoms with Crippen LogP contribution < -0.4 is 0 Å². The van der Waals surface area contributed by atoms with Gasteiger partial charge in [-0.2, -0.15) is 0 Å². The van der Waals surface area contributed by atoms with Crippen LogP contribution in [-0.4, -0.2) is 69.2 Å². The average molecular weight is 332 g/mol. The normalized spacial score (nSPS) is 24.1. The number of sulfonamides is 1. The van der Waals surface area contributed by atoms with Gasteiger partial charge in [-0.15, -0.1) is 0 Å². The van der Waals surface area contributed by atoms with E-state index < -0.39 is 15.3 Å². The summed E-state index contributed by atoms with van der Waals surface area (Å²) in [6.07, 6.45) is 5.55. The summed E-state index contributed by atoms with van der Waals surface area (Å²) < 4.78 is 31.5. The predicted octanol–water partition coefficient (Wildman–Crippen LogP) is 1.08. The Morgan fingerprint density at radius 1 is 1.23 bits per heavy atom.